The Morgan fingerprint density at radius 3 is 2.44 bits per heavy atom. The summed E-state index contributed by atoms with van der Waals surface area (Å²) in [5, 5.41) is 9.56. The van der Waals surface area contributed by atoms with E-state index in [2.05, 4.69) is 0 Å². The van der Waals surface area contributed by atoms with Gasteiger partial charge in [-0.15, -0.1) is 0 Å². The molecule has 0 amide bonds. The van der Waals surface area contributed by atoms with E-state index in [1.54, 1.807) is 0 Å². The molecule has 1 saturated carbocycles. The van der Waals surface area contributed by atoms with Crippen molar-refractivity contribution < 1.29 is 9.84 Å². The summed E-state index contributed by atoms with van der Waals surface area (Å²) in [7, 11) is 0. The van der Waals surface area contributed by atoms with Gasteiger partial charge < -0.3 is 15.6 Å². The van der Waals surface area contributed by atoms with E-state index < -0.39 is 5.54 Å². The Hall–Kier alpha value is -0.900. The highest BCUT2D eigenvalue weighted by Gasteiger charge is 2.28. The van der Waals surface area contributed by atoms with Crippen LogP contribution in [0.15, 0.2) is 30.3 Å². The normalized spacial score (nSPS) is 20.6. The van der Waals surface area contributed by atoms with Gasteiger partial charge in [0, 0.05) is 0 Å². The first-order valence-electron chi connectivity index (χ1n) is 6.81. The van der Waals surface area contributed by atoms with Crippen LogP contribution in [0.1, 0.15) is 37.7 Å². The molecule has 1 fully saturated rings. The molecule has 1 aliphatic carbocycles. The summed E-state index contributed by atoms with van der Waals surface area (Å²) >= 11 is 0. The van der Waals surface area contributed by atoms with Crippen LogP contribution in [-0.2, 0) is 10.3 Å². The lowest BCUT2D eigenvalue weighted by Gasteiger charge is -2.31. The van der Waals surface area contributed by atoms with Gasteiger partial charge in [0.1, 0.15) is 0 Å². The molecule has 0 aliphatic heterocycles. The quantitative estimate of drug-likeness (QED) is 0.841. The molecule has 0 heterocycles. The maximum absolute atomic E-state index is 9.56. The van der Waals surface area contributed by atoms with Crippen molar-refractivity contribution in [3.8, 4) is 0 Å². The van der Waals surface area contributed by atoms with E-state index in [1.165, 1.54) is 19.3 Å². The summed E-state index contributed by atoms with van der Waals surface area (Å²) in [6, 6.07) is 9.71. The van der Waals surface area contributed by atoms with Crippen LogP contribution in [0.4, 0.5) is 0 Å². The molecule has 1 unspecified atom stereocenters. The van der Waals surface area contributed by atoms with Crippen molar-refractivity contribution in [1.29, 1.82) is 0 Å². The van der Waals surface area contributed by atoms with E-state index in [0.29, 0.717) is 12.7 Å². The van der Waals surface area contributed by atoms with Crippen molar-refractivity contribution in [2.45, 2.75) is 43.7 Å². The minimum Gasteiger partial charge on any atom is -0.394 e. The zero-order valence-electron chi connectivity index (χ0n) is 10.8. The van der Waals surface area contributed by atoms with Gasteiger partial charge in [0.15, 0.2) is 0 Å². The first-order chi connectivity index (χ1) is 8.74. The number of ether oxygens (including phenoxy) is 1. The van der Waals surface area contributed by atoms with Gasteiger partial charge in [0.05, 0.1) is 24.9 Å². The number of aliphatic hydroxyl groups excluding tert-OH is 1. The first-order valence-corrected chi connectivity index (χ1v) is 6.81. The van der Waals surface area contributed by atoms with Gasteiger partial charge in [-0.05, 0) is 18.4 Å². The molecule has 0 radical (unpaired) electrons. The molecule has 3 nitrogen and oxygen atoms in total. The average molecular weight is 249 g/mol. The maximum atomic E-state index is 9.56. The maximum Gasteiger partial charge on any atom is 0.0881 e. The molecule has 1 atom stereocenters. The van der Waals surface area contributed by atoms with E-state index in [-0.39, 0.29) is 6.61 Å². The Kier molecular flexibility index (Phi) is 4.75. The first kappa shape index (κ1) is 13.5. The average Bonchev–Trinajstić information content (AvgIpc) is 2.47. The van der Waals surface area contributed by atoms with Crippen LogP contribution in [0.3, 0.4) is 0 Å². The Morgan fingerprint density at radius 2 is 1.83 bits per heavy atom. The van der Waals surface area contributed by atoms with E-state index in [9.17, 15) is 5.11 Å². The Labute approximate surface area is 109 Å². The van der Waals surface area contributed by atoms with Crippen molar-refractivity contribution in [3.05, 3.63) is 35.9 Å². The molecule has 0 bridgehead atoms. The summed E-state index contributed by atoms with van der Waals surface area (Å²) < 4.78 is 5.91. The van der Waals surface area contributed by atoms with Gasteiger partial charge in [-0.1, -0.05) is 49.6 Å². The molecule has 100 valence electrons. The van der Waals surface area contributed by atoms with Crippen LogP contribution in [0, 0.1) is 0 Å². The van der Waals surface area contributed by atoms with Gasteiger partial charge in [0.25, 0.3) is 0 Å². The van der Waals surface area contributed by atoms with Crippen LogP contribution >= 0.6 is 0 Å². The molecular formula is C15H23NO2. The van der Waals surface area contributed by atoms with Gasteiger partial charge in [-0.3, -0.25) is 0 Å². The third-order valence-electron chi connectivity index (χ3n) is 3.76. The van der Waals surface area contributed by atoms with Crippen LogP contribution in [0.2, 0.25) is 0 Å². The van der Waals surface area contributed by atoms with Crippen LogP contribution in [-0.4, -0.2) is 24.4 Å². The molecule has 0 aromatic heterocycles. The molecule has 18 heavy (non-hydrogen) atoms. The number of hydrogen-bond donors (Lipinski definition) is 2. The highest BCUT2D eigenvalue weighted by atomic mass is 16.5. The molecular weight excluding hydrogens is 226 g/mol. The fourth-order valence-electron chi connectivity index (χ4n) is 2.49. The molecule has 0 spiro atoms. The van der Waals surface area contributed by atoms with Gasteiger partial charge in [-0.25, -0.2) is 0 Å². The molecule has 1 aromatic rings. The number of hydrogen-bond acceptors (Lipinski definition) is 3. The molecule has 0 saturated heterocycles. The second kappa shape index (κ2) is 6.32. The summed E-state index contributed by atoms with van der Waals surface area (Å²) in [4.78, 5) is 0. The fraction of sp³-hybridized carbons (Fsp3) is 0.600. The monoisotopic (exact) mass is 249 g/mol. The molecule has 1 aliphatic rings. The summed E-state index contributed by atoms with van der Waals surface area (Å²) in [5.41, 5.74) is 6.42. The van der Waals surface area contributed by atoms with Gasteiger partial charge in [0.2, 0.25) is 0 Å². The highest BCUT2D eigenvalue weighted by molar-refractivity contribution is 5.24. The van der Waals surface area contributed by atoms with Crippen LogP contribution in [0.25, 0.3) is 0 Å². The molecule has 1 aromatic carbocycles. The van der Waals surface area contributed by atoms with E-state index in [0.717, 1.165) is 18.4 Å². The van der Waals surface area contributed by atoms with Crippen molar-refractivity contribution in [1.82, 2.24) is 0 Å². The SMILES string of the molecule is NC(CO)(COC1CCCCC1)c1ccccc1. The van der Waals surface area contributed by atoms with E-state index in [4.69, 9.17) is 10.5 Å². The lowest BCUT2D eigenvalue weighted by molar-refractivity contribution is -0.0146. The Bertz CT molecular complexity index is 349. The van der Waals surface area contributed by atoms with Crippen molar-refractivity contribution >= 4 is 0 Å². The summed E-state index contributed by atoms with van der Waals surface area (Å²) in [6.07, 6.45) is 6.36. The largest absolute Gasteiger partial charge is 0.394 e. The van der Waals surface area contributed by atoms with Crippen molar-refractivity contribution in [2.24, 2.45) is 5.73 Å². The third kappa shape index (κ3) is 3.31. The Morgan fingerprint density at radius 1 is 1.17 bits per heavy atom. The lowest BCUT2D eigenvalue weighted by Crippen LogP contribution is -2.46. The lowest BCUT2D eigenvalue weighted by atomic mass is 9.92. The minimum atomic E-state index is -0.779. The predicted molar refractivity (Wildman–Crippen MR) is 72.2 cm³/mol. The van der Waals surface area contributed by atoms with Gasteiger partial charge in [-0.2, -0.15) is 0 Å². The molecule has 3 heteroatoms. The minimum absolute atomic E-state index is 0.0935. The zero-order valence-corrected chi connectivity index (χ0v) is 10.8. The smallest absolute Gasteiger partial charge is 0.0881 e. The van der Waals surface area contributed by atoms with Crippen LogP contribution < -0.4 is 5.73 Å². The second-order valence-electron chi connectivity index (χ2n) is 5.25. The number of rotatable bonds is 5. The summed E-state index contributed by atoms with van der Waals surface area (Å²) in [5.74, 6) is 0. The molecule has 2 rings (SSSR count). The zero-order chi connectivity index (χ0) is 12.8. The standard InChI is InChI=1S/C15H23NO2/c16-15(11-17,13-7-3-1-4-8-13)12-18-14-9-5-2-6-10-14/h1,3-4,7-8,14,17H,2,5-6,9-12,16H2. The number of nitrogens with two attached hydrogens (primary N) is 1. The summed E-state index contributed by atoms with van der Waals surface area (Å²) in [6.45, 7) is 0.294. The molecule has 3 N–H and O–H groups in total. The van der Waals surface area contributed by atoms with Crippen LogP contribution in [0.5, 0.6) is 0 Å². The van der Waals surface area contributed by atoms with Crippen molar-refractivity contribution in [2.75, 3.05) is 13.2 Å². The number of benzene rings is 1. The van der Waals surface area contributed by atoms with E-state index in [1.807, 2.05) is 30.3 Å². The third-order valence-corrected chi connectivity index (χ3v) is 3.76. The highest BCUT2D eigenvalue weighted by Crippen LogP contribution is 2.24. The predicted octanol–water partition coefficient (Wildman–Crippen LogP) is 2.18. The second-order valence-corrected chi connectivity index (χ2v) is 5.25. The fourth-order valence-corrected chi connectivity index (χ4v) is 2.49. The van der Waals surface area contributed by atoms with Crippen molar-refractivity contribution in [3.63, 3.8) is 0 Å². The van der Waals surface area contributed by atoms with E-state index >= 15 is 0 Å². The van der Waals surface area contributed by atoms with Gasteiger partial charge >= 0.3 is 0 Å². The topological polar surface area (TPSA) is 55.5 Å². The Balaban J connectivity index is 1.95. The number of aliphatic hydroxyl groups is 1.